The Labute approximate surface area is 169 Å². The number of benzene rings is 1. The van der Waals surface area contributed by atoms with Crippen molar-refractivity contribution in [2.45, 2.75) is 13.8 Å². The van der Waals surface area contributed by atoms with Gasteiger partial charge in [-0.2, -0.15) is 4.98 Å². The van der Waals surface area contributed by atoms with Crippen LogP contribution in [0.25, 0.3) is 22.3 Å². The van der Waals surface area contributed by atoms with Crippen molar-refractivity contribution in [2.24, 2.45) is 0 Å². The molecule has 3 heterocycles. The lowest BCUT2D eigenvalue weighted by Crippen LogP contribution is -2.44. The standard InChI is InChI=1S/C21H24N6O2/c1-13-12-15(4-7-18(13)29-3)16-5-6-17-19(24-16)20(27-10-8-22-9-11-27)26-21(25-17)23-14(2)28/h4-7,12,22H,8-11H2,1-3H3,(H,23,25,26,28). The van der Waals surface area contributed by atoms with Gasteiger partial charge in [-0.25, -0.2) is 9.97 Å². The fraction of sp³-hybridized carbons (Fsp3) is 0.333. The van der Waals surface area contributed by atoms with Gasteiger partial charge in [-0.1, -0.05) is 0 Å². The number of carbonyl (C=O) groups excluding carboxylic acids is 1. The molecule has 1 aromatic carbocycles. The highest BCUT2D eigenvalue weighted by Gasteiger charge is 2.19. The summed E-state index contributed by atoms with van der Waals surface area (Å²) in [5, 5.41) is 6.04. The number of aromatic nitrogens is 3. The summed E-state index contributed by atoms with van der Waals surface area (Å²) in [6.07, 6.45) is 0. The van der Waals surface area contributed by atoms with Crippen LogP contribution in [-0.2, 0) is 4.79 Å². The zero-order valence-electron chi connectivity index (χ0n) is 16.8. The number of aryl methyl sites for hydroxylation is 1. The molecule has 29 heavy (non-hydrogen) atoms. The summed E-state index contributed by atoms with van der Waals surface area (Å²) in [7, 11) is 1.67. The van der Waals surface area contributed by atoms with Crippen LogP contribution in [0.2, 0.25) is 0 Å². The van der Waals surface area contributed by atoms with Crippen LogP contribution in [0, 0.1) is 6.92 Å². The van der Waals surface area contributed by atoms with Crippen molar-refractivity contribution < 1.29 is 9.53 Å². The normalized spacial score (nSPS) is 14.1. The van der Waals surface area contributed by atoms with Crippen molar-refractivity contribution in [1.29, 1.82) is 0 Å². The fourth-order valence-corrected chi connectivity index (χ4v) is 3.51. The van der Waals surface area contributed by atoms with E-state index in [1.54, 1.807) is 7.11 Å². The highest BCUT2D eigenvalue weighted by molar-refractivity contribution is 5.92. The summed E-state index contributed by atoms with van der Waals surface area (Å²) < 4.78 is 5.36. The molecule has 0 atom stereocenters. The van der Waals surface area contributed by atoms with Crippen molar-refractivity contribution >= 4 is 28.7 Å². The molecule has 8 heteroatoms. The van der Waals surface area contributed by atoms with E-state index in [9.17, 15) is 4.79 Å². The molecular weight excluding hydrogens is 368 g/mol. The zero-order chi connectivity index (χ0) is 20.4. The van der Waals surface area contributed by atoms with Crippen LogP contribution < -0.4 is 20.3 Å². The fourth-order valence-electron chi connectivity index (χ4n) is 3.51. The maximum absolute atomic E-state index is 11.5. The van der Waals surface area contributed by atoms with Gasteiger partial charge in [0.05, 0.1) is 18.3 Å². The largest absolute Gasteiger partial charge is 0.496 e. The Balaban J connectivity index is 1.83. The summed E-state index contributed by atoms with van der Waals surface area (Å²) in [6, 6.07) is 9.87. The quantitative estimate of drug-likeness (QED) is 0.704. The molecule has 0 spiro atoms. The van der Waals surface area contributed by atoms with Crippen LogP contribution in [0.3, 0.4) is 0 Å². The molecule has 1 saturated heterocycles. The highest BCUT2D eigenvalue weighted by atomic mass is 16.5. The number of hydrogen-bond acceptors (Lipinski definition) is 7. The molecule has 2 N–H and O–H groups in total. The molecular formula is C21H24N6O2. The second-order valence-electron chi connectivity index (χ2n) is 7.04. The molecule has 150 valence electrons. The molecule has 2 aromatic heterocycles. The van der Waals surface area contributed by atoms with Gasteiger partial charge in [-0.15, -0.1) is 0 Å². The van der Waals surface area contributed by atoms with Crippen LogP contribution in [0.15, 0.2) is 30.3 Å². The predicted molar refractivity (Wildman–Crippen MR) is 113 cm³/mol. The Bertz CT molecular complexity index is 1060. The second kappa shape index (κ2) is 8.00. The number of nitrogens with one attached hydrogen (secondary N) is 2. The first-order valence-electron chi connectivity index (χ1n) is 9.62. The third-order valence-electron chi connectivity index (χ3n) is 4.92. The average Bonchev–Trinajstić information content (AvgIpc) is 2.73. The molecule has 0 bridgehead atoms. The lowest BCUT2D eigenvalue weighted by Gasteiger charge is -2.29. The van der Waals surface area contributed by atoms with Gasteiger partial charge in [0.15, 0.2) is 5.82 Å². The van der Waals surface area contributed by atoms with E-state index in [0.29, 0.717) is 11.5 Å². The highest BCUT2D eigenvalue weighted by Crippen LogP contribution is 2.29. The zero-order valence-corrected chi connectivity index (χ0v) is 16.8. The minimum absolute atomic E-state index is 0.200. The Hall–Kier alpha value is -3.26. The van der Waals surface area contributed by atoms with Crippen molar-refractivity contribution in [3.8, 4) is 17.0 Å². The Morgan fingerprint density at radius 1 is 1.14 bits per heavy atom. The molecule has 8 nitrogen and oxygen atoms in total. The molecule has 3 aromatic rings. The average molecular weight is 392 g/mol. The molecule has 1 amide bonds. The maximum atomic E-state index is 11.5. The number of anilines is 2. The summed E-state index contributed by atoms with van der Waals surface area (Å²) in [4.78, 5) is 27.7. The van der Waals surface area contributed by atoms with Crippen molar-refractivity contribution in [3.63, 3.8) is 0 Å². The number of carbonyl (C=O) groups is 1. The van der Waals surface area contributed by atoms with Gasteiger partial charge in [0.1, 0.15) is 11.3 Å². The Morgan fingerprint density at radius 2 is 1.93 bits per heavy atom. The summed E-state index contributed by atoms with van der Waals surface area (Å²) >= 11 is 0. The van der Waals surface area contributed by atoms with E-state index in [-0.39, 0.29) is 5.91 Å². The number of rotatable bonds is 4. The first-order chi connectivity index (χ1) is 14.0. The van der Waals surface area contributed by atoms with Crippen LogP contribution in [0.5, 0.6) is 5.75 Å². The molecule has 0 unspecified atom stereocenters. The number of piperazine rings is 1. The topological polar surface area (TPSA) is 92.3 Å². The molecule has 1 fully saturated rings. The monoisotopic (exact) mass is 392 g/mol. The van der Waals surface area contributed by atoms with E-state index in [1.165, 1.54) is 6.92 Å². The van der Waals surface area contributed by atoms with Gasteiger partial charge in [-0.05, 0) is 42.8 Å². The third-order valence-corrected chi connectivity index (χ3v) is 4.92. The number of ether oxygens (including phenoxy) is 1. The smallest absolute Gasteiger partial charge is 0.232 e. The minimum Gasteiger partial charge on any atom is -0.496 e. The number of fused-ring (bicyclic) bond motifs is 1. The summed E-state index contributed by atoms with van der Waals surface area (Å²) in [5.74, 6) is 1.69. The van der Waals surface area contributed by atoms with Gasteiger partial charge in [0.25, 0.3) is 0 Å². The van der Waals surface area contributed by atoms with Crippen LogP contribution >= 0.6 is 0 Å². The molecule has 0 aliphatic carbocycles. The Morgan fingerprint density at radius 3 is 2.62 bits per heavy atom. The number of nitrogens with zero attached hydrogens (tertiary/aromatic N) is 4. The van der Waals surface area contributed by atoms with Crippen molar-refractivity contribution in [1.82, 2.24) is 20.3 Å². The summed E-state index contributed by atoms with van der Waals surface area (Å²) in [5.41, 5.74) is 4.32. The van der Waals surface area contributed by atoms with E-state index in [4.69, 9.17) is 9.72 Å². The van der Waals surface area contributed by atoms with E-state index >= 15 is 0 Å². The van der Waals surface area contributed by atoms with Crippen molar-refractivity contribution in [3.05, 3.63) is 35.9 Å². The van der Waals surface area contributed by atoms with Crippen LogP contribution in [0.1, 0.15) is 12.5 Å². The van der Waals surface area contributed by atoms with E-state index in [0.717, 1.165) is 60.1 Å². The Kier molecular flexibility index (Phi) is 5.26. The molecule has 4 rings (SSSR count). The van der Waals surface area contributed by atoms with Crippen LogP contribution in [-0.4, -0.2) is 54.1 Å². The number of methoxy groups -OCH3 is 1. The van der Waals surface area contributed by atoms with Gasteiger partial charge in [0.2, 0.25) is 11.9 Å². The lowest BCUT2D eigenvalue weighted by atomic mass is 10.1. The van der Waals surface area contributed by atoms with Crippen molar-refractivity contribution in [2.75, 3.05) is 43.5 Å². The SMILES string of the molecule is COc1ccc(-c2ccc3nc(NC(C)=O)nc(N4CCNCC4)c3n2)cc1C. The maximum Gasteiger partial charge on any atom is 0.232 e. The molecule has 0 radical (unpaired) electrons. The predicted octanol–water partition coefficient (Wildman–Crippen LogP) is 2.38. The molecule has 1 aliphatic heterocycles. The van der Waals surface area contributed by atoms with Gasteiger partial charge >= 0.3 is 0 Å². The molecule has 0 saturated carbocycles. The van der Waals surface area contributed by atoms with E-state index in [2.05, 4.69) is 31.6 Å². The van der Waals surface area contributed by atoms with Gasteiger partial charge < -0.3 is 15.0 Å². The minimum atomic E-state index is -0.200. The van der Waals surface area contributed by atoms with Gasteiger partial charge in [0, 0.05) is 38.7 Å². The number of hydrogen-bond donors (Lipinski definition) is 2. The number of pyridine rings is 1. The first kappa shape index (κ1) is 19.1. The van der Waals surface area contributed by atoms with E-state index < -0.39 is 0 Å². The second-order valence-corrected chi connectivity index (χ2v) is 7.04. The number of amides is 1. The molecule has 1 aliphatic rings. The van der Waals surface area contributed by atoms with Crippen LogP contribution in [0.4, 0.5) is 11.8 Å². The third kappa shape index (κ3) is 3.97. The van der Waals surface area contributed by atoms with E-state index in [1.807, 2.05) is 31.2 Å². The first-order valence-corrected chi connectivity index (χ1v) is 9.62. The lowest BCUT2D eigenvalue weighted by molar-refractivity contribution is -0.114. The summed E-state index contributed by atoms with van der Waals surface area (Å²) in [6.45, 7) is 6.85. The van der Waals surface area contributed by atoms with Gasteiger partial charge in [-0.3, -0.25) is 10.1 Å².